The maximum atomic E-state index is 11.9. The summed E-state index contributed by atoms with van der Waals surface area (Å²) in [5.41, 5.74) is 0. The number of aliphatic hydroxyl groups excluding tert-OH is 1. The number of carbonyl (C=O) groups excluding carboxylic acids is 1. The summed E-state index contributed by atoms with van der Waals surface area (Å²) >= 11 is 0. The van der Waals surface area contributed by atoms with Crippen molar-refractivity contribution < 1.29 is 28.8 Å². The molecule has 2 heterocycles. The summed E-state index contributed by atoms with van der Waals surface area (Å²) in [5, 5.41) is 10.2. The van der Waals surface area contributed by atoms with E-state index in [9.17, 15) is 9.90 Å². The molecular weight excluding hydrogens is 276 g/mol. The van der Waals surface area contributed by atoms with E-state index in [1.165, 1.54) is 6.08 Å². The molecule has 0 unspecified atom stereocenters. The van der Waals surface area contributed by atoms with Crippen LogP contribution in [-0.2, 0) is 23.7 Å². The van der Waals surface area contributed by atoms with Crippen LogP contribution < -0.4 is 0 Å². The minimum atomic E-state index is -1.28. The maximum absolute atomic E-state index is 11.9. The Morgan fingerprint density at radius 3 is 2.48 bits per heavy atom. The van der Waals surface area contributed by atoms with Crippen LogP contribution in [0.2, 0.25) is 0 Å². The van der Waals surface area contributed by atoms with Crippen molar-refractivity contribution in [2.45, 2.75) is 70.1 Å². The van der Waals surface area contributed by atoms with Gasteiger partial charge in [-0.2, -0.15) is 0 Å². The van der Waals surface area contributed by atoms with Crippen LogP contribution in [0.4, 0.5) is 0 Å². The molecule has 6 nitrogen and oxygen atoms in total. The van der Waals surface area contributed by atoms with Gasteiger partial charge in [0.15, 0.2) is 17.4 Å². The summed E-state index contributed by atoms with van der Waals surface area (Å²) in [6, 6.07) is 0. The number of Topliss-reactive ketones (excluding diaryl/α,β-unsaturated/α-hetero) is 1. The monoisotopic (exact) mass is 300 g/mol. The molecule has 0 aromatic heterocycles. The van der Waals surface area contributed by atoms with E-state index in [-0.39, 0.29) is 12.2 Å². The summed E-state index contributed by atoms with van der Waals surface area (Å²) < 4.78 is 22.8. The fraction of sp³-hybridized carbons (Fsp3) is 0.800. The first-order chi connectivity index (χ1) is 9.65. The first kappa shape index (κ1) is 16.6. The number of carbonyl (C=O) groups is 1. The van der Waals surface area contributed by atoms with Gasteiger partial charge in [-0.05, 0) is 27.7 Å². The standard InChI is InChI=1S/C15H24O6/c1-6-7-9(16)11(17)13-12(20-15(4,5)21-13)10-8-18-14(2,3)19-10/h6,10-13,17H,1,7-8H2,2-5H3/t10-,11+,12-,13-/m1/s1. The first-order valence-electron chi connectivity index (χ1n) is 7.14. The Bertz CT molecular complexity index is 416. The van der Waals surface area contributed by atoms with Crippen LogP contribution in [0.5, 0.6) is 0 Å². The first-order valence-corrected chi connectivity index (χ1v) is 7.14. The van der Waals surface area contributed by atoms with E-state index in [0.29, 0.717) is 6.61 Å². The van der Waals surface area contributed by atoms with Crippen molar-refractivity contribution in [3.05, 3.63) is 12.7 Å². The zero-order valence-electron chi connectivity index (χ0n) is 13.0. The van der Waals surface area contributed by atoms with Gasteiger partial charge in [-0.15, -0.1) is 6.58 Å². The van der Waals surface area contributed by atoms with Crippen LogP contribution in [-0.4, -0.2) is 53.5 Å². The van der Waals surface area contributed by atoms with E-state index in [0.717, 1.165) is 0 Å². The Hall–Kier alpha value is -0.790. The van der Waals surface area contributed by atoms with Gasteiger partial charge in [-0.3, -0.25) is 4.79 Å². The van der Waals surface area contributed by atoms with Crippen LogP contribution in [0, 0.1) is 0 Å². The SMILES string of the molecule is C=CCC(=O)[C@H](O)[C@H]1OC(C)(C)O[C@@H]1[C@H]1COC(C)(C)O1. The second kappa shape index (κ2) is 5.78. The normalized spacial score (nSPS) is 35.6. The second-order valence-corrected chi connectivity index (χ2v) is 6.34. The van der Waals surface area contributed by atoms with Gasteiger partial charge in [-0.1, -0.05) is 6.08 Å². The summed E-state index contributed by atoms with van der Waals surface area (Å²) in [7, 11) is 0. The molecule has 4 atom stereocenters. The lowest BCUT2D eigenvalue weighted by Crippen LogP contribution is -2.46. The molecule has 120 valence electrons. The largest absolute Gasteiger partial charge is 0.382 e. The smallest absolute Gasteiger partial charge is 0.167 e. The Kier molecular flexibility index (Phi) is 4.56. The molecule has 0 aromatic carbocycles. The van der Waals surface area contributed by atoms with Crippen LogP contribution in [0.15, 0.2) is 12.7 Å². The fourth-order valence-electron chi connectivity index (χ4n) is 2.67. The molecule has 6 heteroatoms. The van der Waals surface area contributed by atoms with Crippen LogP contribution in [0.3, 0.4) is 0 Å². The quantitative estimate of drug-likeness (QED) is 0.768. The second-order valence-electron chi connectivity index (χ2n) is 6.34. The average molecular weight is 300 g/mol. The summed E-state index contributed by atoms with van der Waals surface area (Å²) in [6.45, 7) is 10.9. The van der Waals surface area contributed by atoms with Crippen molar-refractivity contribution in [1.29, 1.82) is 0 Å². The van der Waals surface area contributed by atoms with Gasteiger partial charge in [0.2, 0.25) is 0 Å². The van der Waals surface area contributed by atoms with Crippen LogP contribution in [0.25, 0.3) is 0 Å². The zero-order valence-corrected chi connectivity index (χ0v) is 13.0. The molecule has 0 saturated carbocycles. The predicted molar refractivity (Wildman–Crippen MR) is 74.6 cm³/mol. The molecule has 0 aromatic rings. The third kappa shape index (κ3) is 3.70. The number of rotatable bonds is 5. The molecule has 0 radical (unpaired) electrons. The summed E-state index contributed by atoms with van der Waals surface area (Å²) in [4.78, 5) is 11.9. The Morgan fingerprint density at radius 1 is 1.29 bits per heavy atom. The van der Waals surface area contributed by atoms with Crippen molar-refractivity contribution in [2.24, 2.45) is 0 Å². The van der Waals surface area contributed by atoms with Gasteiger partial charge in [-0.25, -0.2) is 0 Å². The molecule has 2 fully saturated rings. The molecule has 2 aliphatic heterocycles. The highest BCUT2D eigenvalue weighted by molar-refractivity contribution is 5.84. The minimum Gasteiger partial charge on any atom is -0.382 e. The van der Waals surface area contributed by atoms with Gasteiger partial charge in [0.1, 0.15) is 24.4 Å². The van der Waals surface area contributed by atoms with Crippen LogP contribution in [0.1, 0.15) is 34.1 Å². The molecule has 0 spiro atoms. The van der Waals surface area contributed by atoms with E-state index in [4.69, 9.17) is 18.9 Å². The number of allylic oxidation sites excluding steroid dienone is 1. The molecular formula is C15H24O6. The topological polar surface area (TPSA) is 74.2 Å². The third-order valence-electron chi connectivity index (χ3n) is 3.55. The molecule has 2 saturated heterocycles. The van der Waals surface area contributed by atoms with Crippen molar-refractivity contribution in [2.75, 3.05) is 6.61 Å². The van der Waals surface area contributed by atoms with Gasteiger partial charge < -0.3 is 24.1 Å². The van der Waals surface area contributed by atoms with E-state index in [1.54, 1.807) is 13.8 Å². The van der Waals surface area contributed by atoms with E-state index in [2.05, 4.69) is 6.58 Å². The van der Waals surface area contributed by atoms with Gasteiger partial charge in [0, 0.05) is 6.42 Å². The number of ketones is 1. The molecule has 2 rings (SSSR count). The fourth-order valence-corrected chi connectivity index (χ4v) is 2.67. The highest BCUT2D eigenvalue weighted by Crippen LogP contribution is 2.37. The number of hydrogen-bond acceptors (Lipinski definition) is 6. The lowest BCUT2D eigenvalue weighted by Gasteiger charge is -2.25. The van der Waals surface area contributed by atoms with E-state index in [1.807, 2.05) is 13.8 Å². The highest BCUT2D eigenvalue weighted by Gasteiger charge is 2.52. The minimum absolute atomic E-state index is 0.0850. The molecule has 2 aliphatic rings. The molecule has 0 bridgehead atoms. The average Bonchev–Trinajstić information content (AvgIpc) is 2.88. The Labute approximate surface area is 125 Å². The highest BCUT2D eigenvalue weighted by atomic mass is 16.8. The summed E-state index contributed by atoms with van der Waals surface area (Å²) in [6.07, 6.45) is -1.47. The van der Waals surface area contributed by atoms with Crippen LogP contribution >= 0.6 is 0 Å². The van der Waals surface area contributed by atoms with Gasteiger partial charge in [0.25, 0.3) is 0 Å². The van der Waals surface area contributed by atoms with Gasteiger partial charge >= 0.3 is 0 Å². The number of hydrogen-bond donors (Lipinski definition) is 1. The van der Waals surface area contributed by atoms with Crippen molar-refractivity contribution >= 4 is 5.78 Å². The van der Waals surface area contributed by atoms with Crippen molar-refractivity contribution in [3.63, 3.8) is 0 Å². The zero-order chi connectivity index (χ0) is 15.8. The van der Waals surface area contributed by atoms with E-state index >= 15 is 0 Å². The molecule has 0 amide bonds. The number of ether oxygens (including phenoxy) is 4. The predicted octanol–water partition coefficient (Wildman–Crippen LogP) is 1.16. The molecule has 1 N–H and O–H groups in total. The van der Waals surface area contributed by atoms with E-state index < -0.39 is 36.0 Å². The lowest BCUT2D eigenvalue weighted by molar-refractivity contribution is -0.175. The third-order valence-corrected chi connectivity index (χ3v) is 3.55. The lowest BCUT2D eigenvalue weighted by atomic mass is 9.99. The Balaban J connectivity index is 2.14. The number of aliphatic hydroxyl groups is 1. The molecule has 0 aliphatic carbocycles. The van der Waals surface area contributed by atoms with Crippen molar-refractivity contribution in [3.8, 4) is 0 Å². The molecule has 21 heavy (non-hydrogen) atoms. The Morgan fingerprint density at radius 2 is 1.95 bits per heavy atom. The summed E-state index contributed by atoms with van der Waals surface area (Å²) in [5.74, 6) is -1.94. The maximum Gasteiger partial charge on any atom is 0.167 e. The van der Waals surface area contributed by atoms with Crippen molar-refractivity contribution in [1.82, 2.24) is 0 Å². The van der Waals surface area contributed by atoms with Gasteiger partial charge in [0.05, 0.1) is 6.61 Å².